The van der Waals surface area contributed by atoms with Gasteiger partial charge < -0.3 is 14.8 Å². The lowest BCUT2D eigenvalue weighted by atomic mass is 10.2. The van der Waals surface area contributed by atoms with Crippen molar-refractivity contribution in [3.8, 4) is 0 Å². The highest BCUT2D eigenvalue weighted by atomic mass is 16.4. The van der Waals surface area contributed by atoms with Crippen molar-refractivity contribution in [3.05, 3.63) is 36.1 Å². The van der Waals surface area contributed by atoms with E-state index >= 15 is 0 Å². The van der Waals surface area contributed by atoms with Crippen LogP contribution < -0.4 is 5.32 Å². The molecule has 2 heterocycles. The van der Waals surface area contributed by atoms with Crippen molar-refractivity contribution in [2.24, 2.45) is 0 Å². The number of para-hydroxylation sites is 1. The number of hydrogen-bond acceptors (Lipinski definition) is 4. The van der Waals surface area contributed by atoms with Crippen molar-refractivity contribution in [1.29, 1.82) is 0 Å². The van der Waals surface area contributed by atoms with Crippen LogP contribution in [0.3, 0.4) is 0 Å². The molecule has 3 rings (SSSR count). The SMILES string of the molecule is O=C1CN(CC(O)c2cc3ccccc3o2)CCCN1. The first-order valence-electron chi connectivity index (χ1n) is 6.88. The first-order valence-corrected chi connectivity index (χ1v) is 6.88. The number of nitrogens with one attached hydrogen (secondary N) is 1. The van der Waals surface area contributed by atoms with Gasteiger partial charge in [0.25, 0.3) is 0 Å². The molecule has 1 aromatic heterocycles. The minimum Gasteiger partial charge on any atom is -0.458 e. The first kappa shape index (κ1) is 13.1. The van der Waals surface area contributed by atoms with E-state index in [2.05, 4.69) is 5.32 Å². The van der Waals surface area contributed by atoms with Crippen LogP contribution in [0.25, 0.3) is 11.0 Å². The second-order valence-corrected chi connectivity index (χ2v) is 5.14. The Kier molecular flexibility index (Phi) is 3.71. The maximum atomic E-state index is 11.5. The molecule has 1 aliphatic heterocycles. The number of carbonyl (C=O) groups is 1. The number of furan rings is 1. The largest absolute Gasteiger partial charge is 0.458 e. The minimum absolute atomic E-state index is 0.0132. The Balaban J connectivity index is 1.71. The van der Waals surface area contributed by atoms with Crippen LogP contribution in [0.2, 0.25) is 0 Å². The number of aliphatic hydroxyl groups excluding tert-OH is 1. The normalized spacial score (nSPS) is 18.8. The topological polar surface area (TPSA) is 65.7 Å². The summed E-state index contributed by atoms with van der Waals surface area (Å²) in [6.07, 6.45) is 0.187. The fourth-order valence-electron chi connectivity index (χ4n) is 2.53. The van der Waals surface area contributed by atoms with Gasteiger partial charge in [0.05, 0.1) is 6.54 Å². The van der Waals surface area contributed by atoms with Crippen LogP contribution in [0.4, 0.5) is 0 Å². The molecule has 5 nitrogen and oxygen atoms in total. The molecule has 1 aromatic carbocycles. The number of fused-ring (bicyclic) bond motifs is 1. The molecule has 2 aromatic rings. The number of nitrogens with zero attached hydrogens (tertiary/aromatic N) is 1. The molecule has 1 atom stereocenters. The van der Waals surface area contributed by atoms with Gasteiger partial charge in [-0.2, -0.15) is 0 Å². The van der Waals surface area contributed by atoms with Crippen LogP contribution in [0.5, 0.6) is 0 Å². The summed E-state index contributed by atoms with van der Waals surface area (Å²) in [5.41, 5.74) is 0.773. The summed E-state index contributed by atoms with van der Waals surface area (Å²) < 4.78 is 5.65. The van der Waals surface area contributed by atoms with Gasteiger partial charge in [0.15, 0.2) is 0 Å². The molecule has 2 N–H and O–H groups in total. The molecule has 0 bridgehead atoms. The van der Waals surface area contributed by atoms with Gasteiger partial charge in [0.2, 0.25) is 5.91 Å². The molecule has 0 radical (unpaired) electrons. The van der Waals surface area contributed by atoms with Gasteiger partial charge in [0, 0.05) is 25.0 Å². The summed E-state index contributed by atoms with van der Waals surface area (Å²) in [4.78, 5) is 13.5. The molecule has 0 aliphatic carbocycles. The highest BCUT2D eigenvalue weighted by Crippen LogP contribution is 2.24. The molecule has 1 saturated heterocycles. The molecule has 1 aliphatic rings. The monoisotopic (exact) mass is 274 g/mol. The Morgan fingerprint density at radius 2 is 2.25 bits per heavy atom. The van der Waals surface area contributed by atoms with Crippen molar-refractivity contribution in [2.75, 3.05) is 26.2 Å². The zero-order valence-corrected chi connectivity index (χ0v) is 11.2. The molecular formula is C15H18N2O3. The summed E-state index contributed by atoms with van der Waals surface area (Å²) >= 11 is 0. The molecule has 0 spiro atoms. The molecular weight excluding hydrogens is 256 g/mol. The van der Waals surface area contributed by atoms with Crippen molar-refractivity contribution < 1.29 is 14.3 Å². The molecule has 1 unspecified atom stereocenters. The molecule has 5 heteroatoms. The first-order chi connectivity index (χ1) is 9.72. The van der Waals surface area contributed by atoms with E-state index in [9.17, 15) is 9.90 Å². The zero-order valence-electron chi connectivity index (χ0n) is 11.2. The van der Waals surface area contributed by atoms with E-state index in [1.54, 1.807) is 0 Å². The predicted molar refractivity (Wildman–Crippen MR) is 75.2 cm³/mol. The average molecular weight is 274 g/mol. The van der Waals surface area contributed by atoms with Gasteiger partial charge >= 0.3 is 0 Å². The van der Waals surface area contributed by atoms with Crippen molar-refractivity contribution in [3.63, 3.8) is 0 Å². The Morgan fingerprint density at radius 1 is 1.40 bits per heavy atom. The third-order valence-corrected chi connectivity index (χ3v) is 3.54. The van der Waals surface area contributed by atoms with Crippen molar-refractivity contribution in [1.82, 2.24) is 10.2 Å². The van der Waals surface area contributed by atoms with Gasteiger partial charge in [-0.25, -0.2) is 0 Å². The Morgan fingerprint density at radius 3 is 3.10 bits per heavy atom. The lowest BCUT2D eigenvalue weighted by Gasteiger charge is -2.20. The summed E-state index contributed by atoms with van der Waals surface area (Å²) in [6, 6.07) is 9.53. The number of β-amino-alcohol motifs (C(OH)–C–C–N with tert-alkyl or cyclic N) is 1. The van der Waals surface area contributed by atoms with E-state index in [0.717, 1.165) is 23.9 Å². The van der Waals surface area contributed by atoms with Crippen LogP contribution in [0.15, 0.2) is 34.7 Å². The van der Waals surface area contributed by atoms with Gasteiger partial charge in [-0.05, 0) is 18.6 Å². The number of aliphatic hydroxyl groups is 1. The average Bonchev–Trinajstić information content (AvgIpc) is 2.77. The lowest BCUT2D eigenvalue weighted by molar-refractivity contribution is -0.121. The Hall–Kier alpha value is -1.85. The van der Waals surface area contributed by atoms with E-state index < -0.39 is 6.10 Å². The van der Waals surface area contributed by atoms with Gasteiger partial charge in [0.1, 0.15) is 17.4 Å². The molecule has 106 valence electrons. The van der Waals surface area contributed by atoms with Crippen LogP contribution in [-0.2, 0) is 4.79 Å². The lowest BCUT2D eigenvalue weighted by Crippen LogP contribution is -2.35. The van der Waals surface area contributed by atoms with Crippen molar-refractivity contribution in [2.45, 2.75) is 12.5 Å². The Bertz CT molecular complexity index is 575. The molecule has 20 heavy (non-hydrogen) atoms. The van der Waals surface area contributed by atoms with E-state index in [0.29, 0.717) is 25.4 Å². The van der Waals surface area contributed by atoms with E-state index in [1.807, 2.05) is 35.2 Å². The predicted octanol–water partition coefficient (Wildman–Crippen LogP) is 1.29. The molecule has 1 amide bonds. The second kappa shape index (κ2) is 5.64. The van der Waals surface area contributed by atoms with E-state index in [4.69, 9.17) is 4.42 Å². The fraction of sp³-hybridized carbons (Fsp3) is 0.400. The Labute approximate surface area is 117 Å². The number of rotatable bonds is 3. The highest BCUT2D eigenvalue weighted by molar-refractivity contribution is 5.78. The maximum Gasteiger partial charge on any atom is 0.234 e. The summed E-state index contributed by atoms with van der Waals surface area (Å²) in [5, 5.41) is 14.1. The second-order valence-electron chi connectivity index (χ2n) is 5.14. The van der Waals surface area contributed by atoms with Crippen LogP contribution in [0, 0.1) is 0 Å². The third kappa shape index (κ3) is 2.84. The fourth-order valence-corrected chi connectivity index (χ4v) is 2.53. The summed E-state index contributed by atoms with van der Waals surface area (Å²) in [6.45, 7) is 2.25. The van der Waals surface area contributed by atoms with Crippen LogP contribution >= 0.6 is 0 Å². The standard InChI is InChI=1S/C15H18N2O3/c18-12(9-17-7-3-6-16-15(19)10-17)14-8-11-4-1-2-5-13(11)20-14/h1-2,4-5,8,12,18H,3,6-7,9-10H2,(H,16,19). The third-order valence-electron chi connectivity index (χ3n) is 3.54. The molecule has 0 saturated carbocycles. The number of benzene rings is 1. The maximum absolute atomic E-state index is 11.5. The van der Waals surface area contributed by atoms with Crippen molar-refractivity contribution >= 4 is 16.9 Å². The minimum atomic E-state index is -0.715. The van der Waals surface area contributed by atoms with Crippen LogP contribution in [0.1, 0.15) is 18.3 Å². The number of hydrogen-bond donors (Lipinski definition) is 2. The zero-order chi connectivity index (χ0) is 13.9. The van der Waals surface area contributed by atoms with E-state index in [1.165, 1.54) is 0 Å². The van der Waals surface area contributed by atoms with Gasteiger partial charge in [-0.1, -0.05) is 18.2 Å². The van der Waals surface area contributed by atoms with Crippen LogP contribution in [-0.4, -0.2) is 42.1 Å². The highest BCUT2D eigenvalue weighted by Gasteiger charge is 2.20. The smallest absolute Gasteiger partial charge is 0.234 e. The quantitative estimate of drug-likeness (QED) is 0.885. The van der Waals surface area contributed by atoms with Gasteiger partial charge in [-0.3, -0.25) is 9.69 Å². The van der Waals surface area contributed by atoms with E-state index in [-0.39, 0.29) is 5.91 Å². The number of carbonyl (C=O) groups excluding carboxylic acids is 1. The number of amides is 1. The molecule has 1 fully saturated rings. The summed E-state index contributed by atoms with van der Waals surface area (Å²) in [7, 11) is 0. The summed E-state index contributed by atoms with van der Waals surface area (Å²) in [5.74, 6) is 0.565. The van der Waals surface area contributed by atoms with Gasteiger partial charge in [-0.15, -0.1) is 0 Å².